The van der Waals surface area contributed by atoms with Crippen LogP contribution in [0.25, 0.3) is 10.9 Å². The number of aliphatic hydroxyl groups is 1. The third-order valence-electron chi connectivity index (χ3n) is 9.94. The summed E-state index contributed by atoms with van der Waals surface area (Å²) < 4.78 is 49.9. The van der Waals surface area contributed by atoms with Crippen LogP contribution in [0.2, 0.25) is 0 Å². The second-order valence-corrected chi connectivity index (χ2v) is 13.9. The molecular weight excluding hydrogens is 706 g/mol. The molecular formula is C32H35FN8O10P+. The van der Waals surface area contributed by atoms with Gasteiger partial charge in [-0.15, -0.1) is 9.42 Å². The van der Waals surface area contributed by atoms with Gasteiger partial charge in [0.15, 0.2) is 29.6 Å². The van der Waals surface area contributed by atoms with E-state index < -0.39 is 55.8 Å². The van der Waals surface area contributed by atoms with Gasteiger partial charge in [-0.05, 0) is 68.9 Å². The van der Waals surface area contributed by atoms with Crippen molar-refractivity contribution in [2.75, 3.05) is 44.4 Å². The van der Waals surface area contributed by atoms with Crippen molar-refractivity contribution in [3.05, 3.63) is 75.3 Å². The molecule has 1 saturated carbocycles. The highest BCUT2D eigenvalue weighted by Gasteiger charge is 2.55. The average Bonchev–Trinajstić information content (AvgIpc) is 3.70. The van der Waals surface area contributed by atoms with Crippen LogP contribution in [0.1, 0.15) is 25.5 Å². The molecule has 2 aromatic heterocycles. The number of aliphatic hydroxyl groups excluding tert-OH is 1. The molecule has 1 spiro atoms. The molecule has 18 nitrogen and oxygen atoms in total. The number of aromatic nitrogens is 4. The average molecular weight is 742 g/mol. The van der Waals surface area contributed by atoms with Gasteiger partial charge in [0.05, 0.1) is 22.4 Å². The molecule has 0 amide bonds. The maximum Gasteiger partial charge on any atom is 0.695 e. The van der Waals surface area contributed by atoms with E-state index >= 15 is 0 Å². The van der Waals surface area contributed by atoms with Gasteiger partial charge in [-0.3, -0.25) is 14.7 Å². The van der Waals surface area contributed by atoms with Crippen molar-refractivity contribution in [2.45, 2.75) is 43.8 Å². The Morgan fingerprint density at radius 1 is 1.17 bits per heavy atom. The summed E-state index contributed by atoms with van der Waals surface area (Å²) >= 11 is 0. The first kappa shape index (κ1) is 35.5. The van der Waals surface area contributed by atoms with Gasteiger partial charge in [0.25, 0.3) is 0 Å². The fourth-order valence-corrected chi connectivity index (χ4v) is 7.37. The number of rotatable bonds is 12. The molecule has 0 radical (unpaired) electrons. The summed E-state index contributed by atoms with van der Waals surface area (Å²) in [6.07, 6.45) is 0.00362. The standard InChI is InChI=1S/C32H34FN8O10P/c1-39-8-5-32(6-9-39)13-17(32)14-48-24-12-21-19(11-22(24)41(44)45)29(36-16-35-21)37-18-2-3-20(33)23(10-18)49-15-25-28(51-52(46)47)27(42)30(50-25)40-7-4-26(34)38-31(40)43/h2-4,7,10-12,16-17,25,27-28,30,42H,5-6,8-9,13-15H2,1H3,(H3-,34,35,36,37,38,43,46,47)/p+1/t17?,25-,27-,28-,30-/m1/s1. The van der Waals surface area contributed by atoms with Crippen molar-refractivity contribution >= 4 is 42.2 Å². The van der Waals surface area contributed by atoms with Crippen LogP contribution >= 0.6 is 8.25 Å². The van der Waals surface area contributed by atoms with Crippen molar-refractivity contribution < 1.29 is 42.6 Å². The van der Waals surface area contributed by atoms with Crippen molar-refractivity contribution in [2.24, 2.45) is 11.3 Å². The topological polar surface area (TPSA) is 240 Å². The Hall–Kier alpha value is -4.91. The number of nitro benzene ring substituents is 1. The predicted octanol–water partition coefficient (Wildman–Crippen LogP) is 3.04. The highest BCUT2D eigenvalue weighted by molar-refractivity contribution is 7.32. The number of nitrogens with one attached hydrogen (secondary N) is 1. The first-order valence-electron chi connectivity index (χ1n) is 16.4. The van der Waals surface area contributed by atoms with E-state index in [9.17, 15) is 33.9 Å². The highest BCUT2D eigenvalue weighted by atomic mass is 31.1. The number of piperidine rings is 1. The van der Waals surface area contributed by atoms with Gasteiger partial charge >= 0.3 is 19.6 Å². The molecule has 1 aliphatic carbocycles. The Morgan fingerprint density at radius 3 is 2.67 bits per heavy atom. The van der Waals surface area contributed by atoms with Crippen molar-refractivity contribution in [3.63, 3.8) is 0 Å². The molecule has 274 valence electrons. The number of nitro groups is 1. The maximum atomic E-state index is 15.0. The van der Waals surface area contributed by atoms with Crippen LogP contribution in [0.3, 0.4) is 0 Å². The summed E-state index contributed by atoms with van der Waals surface area (Å²) in [6, 6.07) is 7.94. The van der Waals surface area contributed by atoms with E-state index in [0.717, 1.165) is 43.0 Å². The van der Waals surface area contributed by atoms with E-state index in [2.05, 4.69) is 32.2 Å². The Balaban J connectivity index is 1.07. The minimum Gasteiger partial charge on any atom is -0.488 e. The molecule has 2 unspecified atom stereocenters. The fourth-order valence-electron chi connectivity index (χ4n) is 6.90. The van der Waals surface area contributed by atoms with Crippen molar-refractivity contribution in [1.29, 1.82) is 0 Å². The molecule has 2 saturated heterocycles. The summed E-state index contributed by atoms with van der Waals surface area (Å²) in [5, 5.41) is 26.3. The number of nitrogen functional groups attached to an aromatic ring is 1. The lowest BCUT2D eigenvalue weighted by atomic mass is 9.91. The molecule has 7 rings (SSSR count). The lowest BCUT2D eigenvalue weighted by molar-refractivity contribution is -0.385. The van der Waals surface area contributed by atoms with Crippen molar-refractivity contribution in [1.82, 2.24) is 24.4 Å². The Labute approximate surface area is 295 Å². The minimum atomic E-state index is -3.22. The number of halogens is 1. The molecule has 4 aromatic rings. The van der Waals surface area contributed by atoms with Crippen LogP contribution in [-0.4, -0.2) is 91.0 Å². The predicted molar refractivity (Wildman–Crippen MR) is 182 cm³/mol. The first-order valence-corrected chi connectivity index (χ1v) is 17.5. The number of nitrogens with zero attached hydrogens (tertiary/aromatic N) is 6. The number of ether oxygens (including phenoxy) is 3. The lowest BCUT2D eigenvalue weighted by Crippen LogP contribution is -2.37. The second-order valence-electron chi connectivity index (χ2n) is 13.2. The molecule has 2 aromatic carbocycles. The molecule has 4 heterocycles. The molecule has 3 fully saturated rings. The fraction of sp³-hybridized carbons (Fsp3) is 0.438. The zero-order chi connectivity index (χ0) is 36.7. The van der Waals surface area contributed by atoms with Gasteiger partial charge in [0.2, 0.25) is 0 Å². The summed E-state index contributed by atoms with van der Waals surface area (Å²) in [7, 11) is -1.11. The number of benzene rings is 2. The molecule has 3 aliphatic rings. The highest BCUT2D eigenvalue weighted by Crippen LogP contribution is 2.59. The zero-order valence-corrected chi connectivity index (χ0v) is 28.6. The molecule has 0 bridgehead atoms. The van der Waals surface area contributed by atoms with Crippen LogP contribution in [0.5, 0.6) is 11.5 Å². The van der Waals surface area contributed by atoms with Gasteiger partial charge in [-0.2, -0.15) is 4.98 Å². The van der Waals surface area contributed by atoms with E-state index in [4.69, 9.17) is 24.5 Å². The zero-order valence-electron chi connectivity index (χ0n) is 27.7. The number of fused-ring (bicyclic) bond motifs is 1. The third kappa shape index (κ3) is 7.23. The summed E-state index contributed by atoms with van der Waals surface area (Å²) in [4.78, 5) is 47.8. The molecule has 52 heavy (non-hydrogen) atoms. The number of likely N-dealkylation sites (tertiary alicyclic amines) is 1. The normalized spacial score (nSPS) is 24.2. The van der Waals surface area contributed by atoms with E-state index in [1.165, 1.54) is 42.9 Å². The van der Waals surface area contributed by atoms with Gasteiger partial charge in [-0.1, -0.05) is 0 Å². The molecule has 6 atom stereocenters. The Morgan fingerprint density at radius 2 is 1.94 bits per heavy atom. The molecule has 5 N–H and O–H groups in total. The maximum absolute atomic E-state index is 15.0. The van der Waals surface area contributed by atoms with E-state index in [1.54, 1.807) is 0 Å². The number of hydrogen-bond donors (Lipinski definition) is 4. The number of nitrogens with two attached hydrogens (primary N) is 1. The van der Waals surface area contributed by atoms with Crippen LogP contribution in [0.15, 0.2) is 53.7 Å². The van der Waals surface area contributed by atoms with Crippen LogP contribution in [0.4, 0.5) is 27.4 Å². The molecule has 2 aliphatic heterocycles. The van der Waals surface area contributed by atoms with Gasteiger partial charge in [0, 0.05) is 34.6 Å². The van der Waals surface area contributed by atoms with E-state index in [-0.39, 0.29) is 39.9 Å². The van der Waals surface area contributed by atoms with Crippen molar-refractivity contribution in [3.8, 4) is 11.5 Å². The first-order chi connectivity index (χ1) is 24.9. The third-order valence-corrected chi connectivity index (χ3v) is 10.4. The van der Waals surface area contributed by atoms with Gasteiger partial charge in [0.1, 0.15) is 36.8 Å². The van der Waals surface area contributed by atoms with E-state index in [1.807, 2.05) is 0 Å². The lowest BCUT2D eigenvalue weighted by Gasteiger charge is -2.30. The number of anilines is 3. The smallest absolute Gasteiger partial charge is 0.488 e. The summed E-state index contributed by atoms with van der Waals surface area (Å²) in [5.41, 5.74) is 5.35. The van der Waals surface area contributed by atoms with Crippen LogP contribution in [-0.2, 0) is 13.8 Å². The largest absolute Gasteiger partial charge is 0.695 e. The van der Waals surface area contributed by atoms with Crippen LogP contribution < -0.4 is 26.2 Å². The summed E-state index contributed by atoms with van der Waals surface area (Å²) in [5.74, 6) is -0.496. The minimum absolute atomic E-state index is 0.0691. The monoisotopic (exact) mass is 741 g/mol. The quantitative estimate of drug-likeness (QED) is 0.0927. The summed E-state index contributed by atoms with van der Waals surface area (Å²) in [6.45, 7) is 1.94. The van der Waals surface area contributed by atoms with Crippen LogP contribution in [0, 0.1) is 27.3 Å². The SMILES string of the molecule is CN1CCC2(CC1)CC2COc1cc2ncnc(Nc3ccc(F)c(OC[C@H]4O[C@@H](n5ccc(N)nc5=O)[C@H](O)[C@@H]4O[P+](=O)O)c3)c2cc1[N+](=O)[O-]. The Bertz CT molecular complexity index is 2080. The van der Waals surface area contributed by atoms with E-state index in [0.29, 0.717) is 23.4 Å². The second kappa shape index (κ2) is 14.3. The Kier molecular flexibility index (Phi) is 9.73. The van der Waals surface area contributed by atoms with Gasteiger partial charge in [-0.25, -0.2) is 19.2 Å². The number of hydrogen-bond acceptors (Lipinski definition) is 15. The molecule has 20 heteroatoms. The van der Waals surface area contributed by atoms with Gasteiger partial charge < -0.3 is 35.3 Å².